The number of hydrogen-bond donors (Lipinski definition) is 1. The molecule has 4 nitrogen and oxygen atoms in total. The lowest BCUT2D eigenvalue weighted by atomic mass is 10.2. The number of carbonyl (C=O) groups excluding carboxylic acids is 1. The fraction of sp³-hybridized carbons (Fsp3) is 0.462. The molecule has 1 rings (SSSR count). The zero-order chi connectivity index (χ0) is 13.4. The van der Waals surface area contributed by atoms with Crippen LogP contribution in [0.15, 0.2) is 24.3 Å². The molecule has 0 heterocycles. The van der Waals surface area contributed by atoms with Crippen LogP contribution in [0.3, 0.4) is 0 Å². The maximum Gasteiger partial charge on any atom is 0.311 e. The maximum atomic E-state index is 11.4. The van der Waals surface area contributed by atoms with Crippen molar-refractivity contribution in [3.05, 3.63) is 29.8 Å². The van der Waals surface area contributed by atoms with E-state index < -0.39 is 10.7 Å². The van der Waals surface area contributed by atoms with Gasteiger partial charge < -0.3 is 4.74 Å². The van der Waals surface area contributed by atoms with Gasteiger partial charge in [-0.15, -0.1) is 0 Å². The molecule has 0 atom stereocenters. The van der Waals surface area contributed by atoms with Crippen LogP contribution in [0, 0.1) is 0 Å². The summed E-state index contributed by atoms with van der Waals surface area (Å²) in [6.45, 7) is 2.07. The monoisotopic (exact) mass is 270 g/mol. The molecule has 0 bridgehead atoms. The van der Waals surface area contributed by atoms with Gasteiger partial charge in [0.1, 0.15) is 16.5 Å². The van der Waals surface area contributed by atoms with Crippen LogP contribution in [0.5, 0.6) is 5.75 Å². The lowest BCUT2D eigenvalue weighted by Crippen LogP contribution is -2.07. The molecular formula is C13H18O4S. The first kappa shape index (κ1) is 14.7. The van der Waals surface area contributed by atoms with Gasteiger partial charge in [0.25, 0.3) is 0 Å². The van der Waals surface area contributed by atoms with E-state index in [-0.39, 0.29) is 11.7 Å². The third-order valence-electron chi connectivity index (χ3n) is 2.45. The maximum absolute atomic E-state index is 11.4. The number of carbonyl (C=O) groups is 1. The second kappa shape index (κ2) is 7.87. The minimum Gasteiger partial charge on any atom is -0.427 e. The Labute approximate surface area is 109 Å². The number of esters is 1. The molecule has 0 aliphatic rings. The molecule has 0 unspecified atom stereocenters. The summed E-state index contributed by atoms with van der Waals surface area (Å²) in [5.74, 6) is 0.229. The van der Waals surface area contributed by atoms with Crippen LogP contribution in [0.1, 0.15) is 38.2 Å². The zero-order valence-electron chi connectivity index (χ0n) is 10.4. The third kappa shape index (κ3) is 5.82. The van der Waals surface area contributed by atoms with Crippen molar-refractivity contribution in [3.63, 3.8) is 0 Å². The van der Waals surface area contributed by atoms with E-state index >= 15 is 0 Å². The molecule has 0 saturated heterocycles. The number of unbranched alkanes of at least 4 members (excludes halogenated alkanes) is 2. The Balaban J connectivity index is 2.45. The van der Waals surface area contributed by atoms with Crippen LogP contribution in [-0.4, -0.2) is 14.4 Å². The van der Waals surface area contributed by atoms with E-state index in [1.165, 1.54) is 0 Å². The highest BCUT2D eigenvalue weighted by atomic mass is 32.2. The van der Waals surface area contributed by atoms with Crippen molar-refractivity contribution in [3.8, 4) is 5.75 Å². The van der Waals surface area contributed by atoms with Gasteiger partial charge in [0.2, 0.25) is 0 Å². The summed E-state index contributed by atoms with van der Waals surface area (Å²) in [5.41, 5.74) is 0.692. The Hall–Kier alpha value is -1.36. The number of benzene rings is 1. The first-order valence-corrected chi connectivity index (χ1v) is 7.39. The fourth-order valence-corrected chi connectivity index (χ4v) is 2.02. The molecule has 1 aromatic carbocycles. The van der Waals surface area contributed by atoms with Crippen LogP contribution in [0.25, 0.3) is 0 Å². The predicted octanol–water partition coefficient (Wildman–Crippen LogP) is 2.28. The van der Waals surface area contributed by atoms with Gasteiger partial charge >= 0.3 is 5.97 Å². The molecule has 0 aromatic heterocycles. The lowest BCUT2D eigenvalue weighted by molar-refractivity contribution is -0.134. The quantitative estimate of drug-likeness (QED) is 0.357. The van der Waals surface area contributed by atoms with E-state index in [0.29, 0.717) is 17.7 Å². The number of hydrogen-bond acceptors (Lipinski definition) is 4. The van der Waals surface area contributed by atoms with Crippen molar-refractivity contribution in [2.24, 2.45) is 0 Å². The Morgan fingerprint density at radius 1 is 1.17 bits per heavy atom. The highest BCUT2D eigenvalue weighted by molar-refractivity contribution is 7.71. The van der Waals surface area contributed by atoms with Gasteiger partial charge in [0.05, 0.1) is 5.75 Å². The van der Waals surface area contributed by atoms with Crippen LogP contribution in [0.2, 0.25) is 0 Å². The van der Waals surface area contributed by atoms with Crippen molar-refractivity contribution in [2.45, 2.75) is 38.4 Å². The van der Waals surface area contributed by atoms with Crippen molar-refractivity contribution in [2.75, 3.05) is 0 Å². The fourth-order valence-electron chi connectivity index (χ4n) is 1.51. The minimum atomic E-state index is -2.42. The van der Waals surface area contributed by atoms with E-state index in [9.17, 15) is 13.2 Å². The summed E-state index contributed by atoms with van der Waals surface area (Å²) in [6, 6.07) is 6.54. The van der Waals surface area contributed by atoms with E-state index in [0.717, 1.165) is 19.3 Å². The Bertz CT molecular complexity index is 441. The first-order valence-electron chi connectivity index (χ1n) is 6.03. The average molecular weight is 270 g/mol. The molecule has 5 heteroatoms. The average Bonchev–Trinajstić information content (AvgIpc) is 2.31. The molecule has 0 spiro atoms. The topological polar surface area (TPSA) is 60.4 Å². The second-order valence-corrected chi connectivity index (χ2v) is 5.05. The van der Waals surface area contributed by atoms with Gasteiger partial charge in [-0.1, -0.05) is 31.9 Å². The van der Waals surface area contributed by atoms with Crippen LogP contribution in [-0.2, 0) is 21.3 Å². The Morgan fingerprint density at radius 2 is 1.83 bits per heavy atom. The summed E-state index contributed by atoms with van der Waals surface area (Å²) in [5, 5.41) is 0. The Morgan fingerprint density at radius 3 is 2.39 bits per heavy atom. The molecular weight excluding hydrogens is 252 g/mol. The van der Waals surface area contributed by atoms with Gasteiger partial charge in [-0.05, 0) is 24.1 Å². The van der Waals surface area contributed by atoms with Crippen molar-refractivity contribution < 1.29 is 17.9 Å². The van der Waals surface area contributed by atoms with Crippen LogP contribution < -0.4 is 4.74 Å². The van der Waals surface area contributed by atoms with Gasteiger partial charge in [-0.25, -0.2) is 8.42 Å². The molecule has 100 valence electrons. The lowest BCUT2D eigenvalue weighted by Gasteiger charge is -2.04. The van der Waals surface area contributed by atoms with Gasteiger partial charge in [0.15, 0.2) is 0 Å². The normalized spacial score (nSPS) is 10.6. The van der Waals surface area contributed by atoms with E-state index in [1.807, 2.05) is 0 Å². The highest BCUT2D eigenvalue weighted by Gasteiger charge is 2.04. The molecule has 0 saturated carbocycles. The molecule has 18 heavy (non-hydrogen) atoms. The molecule has 0 amide bonds. The van der Waals surface area contributed by atoms with E-state index in [1.54, 1.807) is 24.3 Å². The number of ether oxygens (including phenoxy) is 1. The largest absolute Gasteiger partial charge is 0.427 e. The van der Waals surface area contributed by atoms with Gasteiger partial charge in [-0.2, -0.15) is 0 Å². The van der Waals surface area contributed by atoms with E-state index in [4.69, 9.17) is 4.74 Å². The smallest absolute Gasteiger partial charge is 0.311 e. The van der Waals surface area contributed by atoms with Crippen molar-refractivity contribution in [1.29, 1.82) is 0 Å². The number of rotatable bonds is 7. The van der Waals surface area contributed by atoms with Crippen molar-refractivity contribution >= 4 is 16.7 Å². The molecule has 1 aromatic rings. The second-order valence-electron chi connectivity index (χ2n) is 4.07. The summed E-state index contributed by atoms with van der Waals surface area (Å²) >= 11 is 0. The van der Waals surface area contributed by atoms with Crippen LogP contribution >= 0.6 is 0 Å². The predicted molar refractivity (Wildman–Crippen MR) is 70.2 cm³/mol. The molecule has 0 N–H and O–H groups in total. The SMILES string of the molecule is CCCCCC(=O)Oc1ccc(C[SH](=O)=O)cc1. The molecule has 0 aliphatic carbocycles. The summed E-state index contributed by atoms with van der Waals surface area (Å²) < 4.78 is 26.2. The first-order chi connectivity index (χ1) is 8.61. The summed E-state index contributed by atoms with van der Waals surface area (Å²) in [6.07, 6.45) is 3.34. The highest BCUT2D eigenvalue weighted by Crippen LogP contribution is 2.14. The standard InChI is InChI=1S/C13H18O4S/c1-2-3-4-5-13(14)17-12-8-6-11(7-9-12)10-18(15)16/h6-9,18H,2-5,10H2,1H3. The zero-order valence-corrected chi connectivity index (χ0v) is 11.3. The summed E-state index contributed by atoms with van der Waals surface area (Å²) in [4.78, 5) is 11.4. The Kier molecular flexibility index (Phi) is 6.43. The van der Waals surface area contributed by atoms with E-state index in [2.05, 4.69) is 6.92 Å². The molecule has 0 radical (unpaired) electrons. The summed E-state index contributed by atoms with van der Waals surface area (Å²) in [7, 11) is -2.42. The molecule has 0 aliphatic heterocycles. The number of thiol groups is 1. The van der Waals surface area contributed by atoms with Gasteiger partial charge in [-0.3, -0.25) is 4.79 Å². The third-order valence-corrected chi connectivity index (χ3v) is 3.07. The van der Waals surface area contributed by atoms with Crippen LogP contribution in [0.4, 0.5) is 0 Å². The minimum absolute atomic E-state index is 0.0139. The van der Waals surface area contributed by atoms with Crippen molar-refractivity contribution in [1.82, 2.24) is 0 Å². The van der Waals surface area contributed by atoms with Gasteiger partial charge in [0, 0.05) is 6.42 Å². The molecule has 0 fully saturated rings.